The zero-order valence-corrected chi connectivity index (χ0v) is 53.8. The Labute approximate surface area is 503 Å². The van der Waals surface area contributed by atoms with Crippen LogP contribution in [0.15, 0.2) is 85.1 Å². The molecule has 0 aromatic rings. The van der Waals surface area contributed by atoms with Crippen LogP contribution in [0.4, 0.5) is 0 Å². The van der Waals surface area contributed by atoms with E-state index in [2.05, 4.69) is 106 Å². The Bertz CT molecular complexity index is 1530. The summed E-state index contributed by atoms with van der Waals surface area (Å²) in [5.74, 6) is -0.870. The Morgan fingerprint density at radius 1 is 0.259 bits per heavy atom. The van der Waals surface area contributed by atoms with E-state index in [4.69, 9.17) is 14.2 Å². The number of hydrogen-bond donors (Lipinski definition) is 0. The monoisotopic (exact) mass is 1130 g/mol. The summed E-state index contributed by atoms with van der Waals surface area (Å²) in [5.41, 5.74) is 0. The van der Waals surface area contributed by atoms with Crippen molar-refractivity contribution in [3.8, 4) is 0 Å². The third-order valence-corrected chi connectivity index (χ3v) is 15.4. The molecule has 0 aromatic heterocycles. The lowest BCUT2D eigenvalue weighted by Crippen LogP contribution is -2.30. The lowest BCUT2D eigenvalue weighted by Gasteiger charge is -2.18. The zero-order valence-electron chi connectivity index (χ0n) is 53.8. The first-order valence-corrected chi connectivity index (χ1v) is 35.1. The standard InChI is InChI=1S/C75H132O6/c1-4-7-10-13-16-19-22-25-28-31-34-36-37-39-41-44-47-50-53-56-59-62-65-68-74(77)80-71-72(70-79-73(76)67-64-61-58-55-52-49-46-43-40-33-30-27-24-21-18-15-12-9-6-3)81-75(78)69-66-63-60-57-54-51-48-45-42-38-35-32-29-26-23-20-17-14-11-8-5-2/h7,10,16,19,23,25-28,30,32,34-36,72H,4-6,8-9,11-15,17-18,20-22,24,29,31,33,37-71H2,1-3H3/b10-7-,19-16-,26-23-,28-25-,30-27-,35-32-,36-34-. The normalized spacial score (nSPS) is 12.6. The average Bonchev–Trinajstić information content (AvgIpc) is 3.47. The molecule has 0 N–H and O–H groups in total. The molecule has 1 unspecified atom stereocenters. The van der Waals surface area contributed by atoms with E-state index in [-0.39, 0.29) is 31.1 Å². The number of esters is 3. The topological polar surface area (TPSA) is 78.9 Å². The summed E-state index contributed by atoms with van der Waals surface area (Å²) in [4.78, 5) is 38.5. The van der Waals surface area contributed by atoms with Crippen molar-refractivity contribution in [3.05, 3.63) is 85.1 Å². The second kappa shape index (κ2) is 69.1. The number of ether oxygens (including phenoxy) is 3. The molecule has 0 amide bonds. The maximum atomic E-state index is 13.0. The van der Waals surface area contributed by atoms with Crippen LogP contribution >= 0.6 is 0 Å². The predicted molar refractivity (Wildman–Crippen MR) is 353 cm³/mol. The van der Waals surface area contributed by atoms with Crippen molar-refractivity contribution in [1.29, 1.82) is 0 Å². The largest absolute Gasteiger partial charge is 0.462 e. The van der Waals surface area contributed by atoms with Gasteiger partial charge < -0.3 is 14.2 Å². The molecule has 0 aliphatic carbocycles. The summed E-state index contributed by atoms with van der Waals surface area (Å²) in [6.07, 6.45) is 91.6. The molecule has 0 aliphatic rings. The maximum Gasteiger partial charge on any atom is 0.306 e. The van der Waals surface area contributed by atoms with E-state index in [0.29, 0.717) is 19.3 Å². The van der Waals surface area contributed by atoms with Crippen LogP contribution in [0.1, 0.15) is 355 Å². The number of carbonyl (C=O) groups excluding carboxylic acids is 3. The number of hydrogen-bond acceptors (Lipinski definition) is 6. The Morgan fingerprint density at radius 3 is 0.765 bits per heavy atom. The molecule has 0 saturated heterocycles. The van der Waals surface area contributed by atoms with Gasteiger partial charge in [-0.1, -0.05) is 305 Å². The van der Waals surface area contributed by atoms with Gasteiger partial charge in [-0.15, -0.1) is 0 Å². The van der Waals surface area contributed by atoms with E-state index in [1.165, 1.54) is 225 Å². The van der Waals surface area contributed by atoms with E-state index in [1.54, 1.807) is 0 Å². The second-order valence-electron chi connectivity index (χ2n) is 23.4. The molecule has 6 heteroatoms. The molecule has 0 radical (unpaired) electrons. The first-order valence-electron chi connectivity index (χ1n) is 35.1. The molecular weight excluding hydrogens is 997 g/mol. The highest BCUT2D eigenvalue weighted by molar-refractivity contribution is 5.71. The summed E-state index contributed by atoms with van der Waals surface area (Å²) in [6.45, 7) is 6.56. The van der Waals surface area contributed by atoms with Gasteiger partial charge in [0.1, 0.15) is 13.2 Å². The van der Waals surface area contributed by atoms with E-state index < -0.39 is 6.10 Å². The van der Waals surface area contributed by atoms with Crippen molar-refractivity contribution in [2.75, 3.05) is 13.2 Å². The molecular formula is C75H132O6. The molecule has 0 fully saturated rings. The third kappa shape index (κ3) is 67.3. The summed E-state index contributed by atoms with van der Waals surface area (Å²) in [5, 5.41) is 0. The quantitative estimate of drug-likeness (QED) is 0.0261. The molecule has 0 bridgehead atoms. The lowest BCUT2D eigenvalue weighted by atomic mass is 10.1. The van der Waals surface area contributed by atoms with Gasteiger partial charge in [0.2, 0.25) is 0 Å². The van der Waals surface area contributed by atoms with Gasteiger partial charge in [-0.3, -0.25) is 14.4 Å². The first kappa shape index (κ1) is 77.6. The van der Waals surface area contributed by atoms with Crippen molar-refractivity contribution < 1.29 is 28.6 Å². The fourth-order valence-electron chi connectivity index (χ4n) is 10.1. The highest BCUT2D eigenvalue weighted by Crippen LogP contribution is 2.17. The fraction of sp³-hybridized carbons (Fsp3) is 0.773. The van der Waals surface area contributed by atoms with Gasteiger partial charge in [-0.25, -0.2) is 0 Å². The Kier molecular flexibility index (Phi) is 66.2. The van der Waals surface area contributed by atoms with E-state index >= 15 is 0 Å². The second-order valence-corrected chi connectivity index (χ2v) is 23.4. The molecule has 468 valence electrons. The molecule has 81 heavy (non-hydrogen) atoms. The minimum absolute atomic E-state index is 0.0784. The average molecular weight is 1130 g/mol. The SMILES string of the molecule is CC/C=C\C/C=C\C/C=C\C/C=C\CCCCCCCCCCCCC(=O)OCC(COC(=O)CCCCCCCCCCC/C=C\CCCCCCCC)OC(=O)CCCCCCCCCCC/C=C\C/C=C\CCCCCCC. The van der Waals surface area contributed by atoms with Crippen LogP contribution in [-0.4, -0.2) is 37.2 Å². The van der Waals surface area contributed by atoms with Crippen LogP contribution in [0.3, 0.4) is 0 Å². The Balaban J connectivity index is 4.38. The summed E-state index contributed by atoms with van der Waals surface area (Å²) < 4.78 is 17.0. The Morgan fingerprint density at radius 2 is 0.481 bits per heavy atom. The smallest absolute Gasteiger partial charge is 0.306 e. The van der Waals surface area contributed by atoms with Gasteiger partial charge in [0.05, 0.1) is 0 Å². The van der Waals surface area contributed by atoms with E-state index in [9.17, 15) is 14.4 Å². The molecule has 0 spiro atoms. The minimum atomic E-state index is -0.784. The molecule has 0 rings (SSSR count). The van der Waals surface area contributed by atoms with Gasteiger partial charge in [0.25, 0.3) is 0 Å². The maximum absolute atomic E-state index is 13.0. The first-order chi connectivity index (χ1) is 40.0. The van der Waals surface area contributed by atoms with Gasteiger partial charge in [-0.2, -0.15) is 0 Å². The van der Waals surface area contributed by atoms with Crippen molar-refractivity contribution in [2.45, 2.75) is 361 Å². The summed E-state index contributed by atoms with van der Waals surface area (Å²) >= 11 is 0. The van der Waals surface area contributed by atoms with Crippen molar-refractivity contribution in [3.63, 3.8) is 0 Å². The van der Waals surface area contributed by atoms with E-state index in [0.717, 1.165) is 89.9 Å². The minimum Gasteiger partial charge on any atom is -0.462 e. The molecule has 0 heterocycles. The van der Waals surface area contributed by atoms with E-state index in [1.807, 2.05) is 0 Å². The predicted octanol–water partition coefficient (Wildman–Crippen LogP) is 24.2. The number of carbonyl (C=O) groups is 3. The van der Waals surface area contributed by atoms with Gasteiger partial charge in [0.15, 0.2) is 6.10 Å². The van der Waals surface area contributed by atoms with Crippen LogP contribution in [0, 0.1) is 0 Å². The Hall–Kier alpha value is -3.41. The van der Waals surface area contributed by atoms with Crippen molar-refractivity contribution in [1.82, 2.24) is 0 Å². The zero-order chi connectivity index (χ0) is 58.5. The lowest BCUT2D eigenvalue weighted by molar-refractivity contribution is -0.167. The fourth-order valence-corrected chi connectivity index (χ4v) is 10.1. The molecule has 0 saturated carbocycles. The highest BCUT2D eigenvalue weighted by Gasteiger charge is 2.19. The molecule has 6 nitrogen and oxygen atoms in total. The molecule has 0 aromatic carbocycles. The molecule has 1 atom stereocenters. The number of unbranched alkanes of at least 4 members (excludes halogenated alkanes) is 39. The summed E-state index contributed by atoms with van der Waals surface area (Å²) in [6, 6.07) is 0. The van der Waals surface area contributed by atoms with Gasteiger partial charge >= 0.3 is 17.9 Å². The number of rotatable bonds is 64. The molecule has 0 aliphatic heterocycles. The number of allylic oxidation sites excluding steroid dienone is 14. The third-order valence-electron chi connectivity index (χ3n) is 15.4. The van der Waals surface area contributed by atoms with Gasteiger partial charge in [-0.05, 0) is 116 Å². The van der Waals surface area contributed by atoms with Crippen molar-refractivity contribution >= 4 is 17.9 Å². The van der Waals surface area contributed by atoms with Crippen LogP contribution in [0.5, 0.6) is 0 Å². The summed E-state index contributed by atoms with van der Waals surface area (Å²) in [7, 11) is 0. The van der Waals surface area contributed by atoms with Crippen LogP contribution in [0.2, 0.25) is 0 Å². The van der Waals surface area contributed by atoms with Crippen molar-refractivity contribution in [2.24, 2.45) is 0 Å². The van der Waals surface area contributed by atoms with Crippen LogP contribution < -0.4 is 0 Å². The van der Waals surface area contributed by atoms with Crippen LogP contribution in [-0.2, 0) is 28.6 Å². The highest BCUT2D eigenvalue weighted by atomic mass is 16.6. The van der Waals surface area contributed by atoms with Gasteiger partial charge in [0, 0.05) is 19.3 Å². The van der Waals surface area contributed by atoms with Crippen LogP contribution in [0.25, 0.3) is 0 Å².